The molecule has 0 bridgehead atoms. The van der Waals surface area contributed by atoms with Crippen molar-refractivity contribution < 1.29 is 14.0 Å². The first-order chi connectivity index (χ1) is 14.9. The quantitative estimate of drug-likeness (QED) is 0.576. The van der Waals surface area contributed by atoms with Crippen LogP contribution in [0.1, 0.15) is 54.6 Å². The van der Waals surface area contributed by atoms with E-state index < -0.39 is 0 Å². The highest BCUT2D eigenvalue weighted by Crippen LogP contribution is 2.24. The maximum absolute atomic E-state index is 13.1. The minimum Gasteiger partial charge on any atom is -0.349 e. The number of amides is 2. The molecule has 0 saturated carbocycles. The minimum absolute atomic E-state index is 0.0163. The Morgan fingerprint density at radius 2 is 1.84 bits per heavy atom. The molecule has 31 heavy (non-hydrogen) atoms. The van der Waals surface area contributed by atoms with E-state index in [1.807, 2.05) is 25.1 Å². The van der Waals surface area contributed by atoms with Gasteiger partial charge in [-0.2, -0.15) is 0 Å². The molecule has 3 atom stereocenters. The van der Waals surface area contributed by atoms with Crippen molar-refractivity contribution in [2.45, 2.75) is 50.7 Å². The number of halogens is 1. The molecule has 7 heteroatoms. The van der Waals surface area contributed by atoms with Crippen molar-refractivity contribution in [3.63, 3.8) is 0 Å². The van der Waals surface area contributed by atoms with Gasteiger partial charge in [-0.05, 0) is 56.0 Å². The summed E-state index contributed by atoms with van der Waals surface area (Å²) in [6.07, 6.45) is 3.00. The highest BCUT2D eigenvalue weighted by atomic mass is 19.1. The fourth-order valence-electron chi connectivity index (χ4n) is 3.79. The number of nitrogens with zero attached hydrogens (tertiary/aromatic N) is 1. The van der Waals surface area contributed by atoms with Crippen LogP contribution in [0.15, 0.2) is 54.6 Å². The average molecular weight is 427 g/mol. The molecule has 2 amide bonds. The summed E-state index contributed by atoms with van der Waals surface area (Å²) < 4.78 is 13.1. The molecule has 2 aromatic carbocycles. The third-order valence-corrected chi connectivity index (χ3v) is 5.62. The fraction of sp³-hybridized carbons (Fsp3) is 0.417. The number of carbonyl (C=O) groups excluding carboxylic acids is 2. The zero-order valence-electron chi connectivity index (χ0n) is 18.1. The third kappa shape index (κ3) is 6.87. The van der Waals surface area contributed by atoms with Gasteiger partial charge in [0.25, 0.3) is 5.91 Å². The van der Waals surface area contributed by atoms with Crippen molar-refractivity contribution in [2.75, 3.05) is 13.6 Å². The molecule has 0 spiro atoms. The van der Waals surface area contributed by atoms with Crippen LogP contribution in [0.4, 0.5) is 4.39 Å². The van der Waals surface area contributed by atoms with E-state index in [9.17, 15) is 14.0 Å². The monoisotopic (exact) mass is 426 g/mol. The highest BCUT2D eigenvalue weighted by molar-refractivity contribution is 5.94. The number of rotatable bonds is 9. The standard InChI is InChI=1S/C24H31FN4O2/c1-17(26-24(31)19-7-4-3-5-8-19)15-23(30)29(2)14-6-9-21-16-22(28-27-21)18-10-12-20(25)13-11-18/h3-5,7-8,10-13,17,21-22,27-28H,6,9,14-16H2,1-2H3,(H,26,31). The van der Waals surface area contributed by atoms with Crippen LogP contribution in [0, 0.1) is 5.82 Å². The van der Waals surface area contributed by atoms with Crippen LogP contribution in [0.2, 0.25) is 0 Å². The van der Waals surface area contributed by atoms with Gasteiger partial charge < -0.3 is 10.2 Å². The summed E-state index contributed by atoms with van der Waals surface area (Å²) in [6.45, 7) is 2.51. The summed E-state index contributed by atoms with van der Waals surface area (Å²) in [5.41, 5.74) is 8.22. The van der Waals surface area contributed by atoms with Gasteiger partial charge in [-0.1, -0.05) is 30.3 Å². The first kappa shape index (κ1) is 22.9. The summed E-state index contributed by atoms with van der Waals surface area (Å²) in [6, 6.07) is 15.8. The maximum atomic E-state index is 13.1. The van der Waals surface area contributed by atoms with Crippen molar-refractivity contribution in [2.24, 2.45) is 0 Å². The molecule has 1 fully saturated rings. The molecule has 1 saturated heterocycles. The van der Waals surface area contributed by atoms with Crippen LogP contribution in [-0.4, -0.2) is 42.4 Å². The van der Waals surface area contributed by atoms with Crippen LogP contribution in [0.5, 0.6) is 0 Å². The van der Waals surface area contributed by atoms with Gasteiger partial charge in [0.1, 0.15) is 5.82 Å². The topological polar surface area (TPSA) is 73.5 Å². The normalized spacial score (nSPS) is 19.1. The Morgan fingerprint density at radius 1 is 1.13 bits per heavy atom. The lowest BCUT2D eigenvalue weighted by molar-refractivity contribution is -0.130. The largest absolute Gasteiger partial charge is 0.349 e. The fourth-order valence-corrected chi connectivity index (χ4v) is 3.79. The Morgan fingerprint density at radius 3 is 2.55 bits per heavy atom. The molecule has 3 unspecified atom stereocenters. The van der Waals surface area contributed by atoms with Crippen LogP contribution < -0.4 is 16.2 Å². The first-order valence-electron chi connectivity index (χ1n) is 10.8. The number of carbonyl (C=O) groups is 2. The Labute approximate surface area is 183 Å². The molecular formula is C24H31FN4O2. The molecule has 0 aliphatic carbocycles. The highest BCUT2D eigenvalue weighted by Gasteiger charge is 2.25. The Balaban J connectivity index is 1.34. The molecule has 2 aromatic rings. The van der Waals surface area contributed by atoms with Gasteiger partial charge in [-0.15, -0.1) is 0 Å². The minimum atomic E-state index is -0.236. The van der Waals surface area contributed by atoms with Gasteiger partial charge >= 0.3 is 0 Å². The van der Waals surface area contributed by atoms with Crippen molar-refractivity contribution in [1.82, 2.24) is 21.1 Å². The van der Waals surface area contributed by atoms with E-state index in [4.69, 9.17) is 0 Å². The predicted octanol–water partition coefficient (Wildman–Crippen LogP) is 3.18. The van der Waals surface area contributed by atoms with Gasteiger partial charge in [0.15, 0.2) is 0 Å². The SMILES string of the molecule is CC(CC(=O)N(C)CCCC1CC(c2ccc(F)cc2)NN1)NC(=O)c1ccccc1. The predicted molar refractivity (Wildman–Crippen MR) is 119 cm³/mol. The van der Waals surface area contributed by atoms with E-state index in [2.05, 4.69) is 16.2 Å². The Bertz CT molecular complexity index is 860. The average Bonchev–Trinajstić information content (AvgIpc) is 3.23. The number of benzene rings is 2. The molecule has 1 aliphatic rings. The molecular weight excluding hydrogens is 395 g/mol. The molecule has 0 radical (unpaired) electrons. The number of hydrogen-bond acceptors (Lipinski definition) is 4. The summed E-state index contributed by atoms with van der Waals surface area (Å²) >= 11 is 0. The van der Waals surface area contributed by atoms with Crippen LogP contribution >= 0.6 is 0 Å². The lowest BCUT2D eigenvalue weighted by atomic mass is 9.99. The van der Waals surface area contributed by atoms with Crippen molar-refractivity contribution >= 4 is 11.8 Å². The van der Waals surface area contributed by atoms with E-state index in [0.717, 1.165) is 24.8 Å². The summed E-state index contributed by atoms with van der Waals surface area (Å²) in [7, 11) is 1.80. The molecule has 166 valence electrons. The van der Waals surface area contributed by atoms with E-state index in [1.165, 1.54) is 12.1 Å². The van der Waals surface area contributed by atoms with Crippen molar-refractivity contribution in [1.29, 1.82) is 0 Å². The number of nitrogens with one attached hydrogen (secondary N) is 3. The summed E-state index contributed by atoms with van der Waals surface area (Å²) in [5, 5.41) is 2.88. The van der Waals surface area contributed by atoms with Crippen LogP contribution in [0.3, 0.4) is 0 Å². The van der Waals surface area contributed by atoms with Crippen LogP contribution in [0.25, 0.3) is 0 Å². The van der Waals surface area contributed by atoms with Crippen LogP contribution in [-0.2, 0) is 4.79 Å². The summed E-state index contributed by atoms with van der Waals surface area (Å²) in [4.78, 5) is 26.4. The van der Waals surface area contributed by atoms with Gasteiger partial charge in [0.2, 0.25) is 5.91 Å². The molecule has 1 heterocycles. The Hall–Kier alpha value is -2.77. The van der Waals surface area contributed by atoms with E-state index >= 15 is 0 Å². The second-order valence-electron chi connectivity index (χ2n) is 8.23. The summed E-state index contributed by atoms with van der Waals surface area (Å²) in [5.74, 6) is -0.380. The molecule has 1 aliphatic heterocycles. The third-order valence-electron chi connectivity index (χ3n) is 5.62. The van der Waals surface area contributed by atoms with Gasteiger partial charge in [0.05, 0.1) is 0 Å². The second-order valence-corrected chi connectivity index (χ2v) is 8.23. The van der Waals surface area contributed by atoms with Gasteiger partial charge in [-0.3, -0.25) is 20.4 Å². The van der Waals surface area contributed by atoms with Crippen molar-refractivity contribution in [3.05, 3.63) is 71.5 Å². The second kappa shape index (κ2) is 11.0. The van der Waals surface area contributed by atoms with Gasteiger partial charge in [0, 0.05) is 43.7 Å². The molecule has 3 rings (SSSR count). The number of hydrogen-bond donors (Lipinski definition) is 3. The first-order valence-corrected chi connectivity index (χ1v) is 10.8. The molecule has 6 nitrogen and oxygen atoms in total. The zero-order valence-corrected chi connectivity index (χ0v) is 18.1. The van der Waals surface area contributed by atoms with E-state index in [-0.39, 0.29) is 36.1 Å². The lowest BCUT2D eigenvalue weighted by Crippen LogP contribution is -2.38. The maximum Gasteiger partial charge on any atom is 0.251 e. The van der Waals surface area contributed by atoms with E-state index in [1.54, 1.807) is 36.2 Å². The number of hydrazine groups is 1. The molecule has 0 aromatic heterocycles. The van der Waals surface area contributed by atoms with E-state index in [0.29, 0.717) is 18.2 Å². The zero-order chi connectivity index (χ0) is 22.2. The lowest BCUT2D eigenvalue weighted by Gasteiger charge is -2.21. The molecule has 3 N–H and O–H groups in total. The Kier molecular flexibility index (Phi) is 8.14. The van der Waals surface area contributed by atoms with Crippen molar-refractivity contribution in [3.8, 4) is 0 Å². The van der Waals surface area contributed by atoms with Gasteiger partial charge in [-0.25, -0.2) is 4.39 Å². The smallest absolute Gasteiger partial charge is 0.251 e.